The number of alkyl halides is 3. The highest BCUT2D eigenvalue weighted by Gasteiger charge is 2.52. The summed E-state index contributed by atoms with van der Waals surface area (Å²) >= 11 is 0. The molecule has 0 aromatic rings. The Morgan fingerprint density at radius 1 is 1.24 bits per heavy atom. The van der Waals surface area contributed by atoms with E-state index in [1.54, 1.807) is 13.8 Å². The monoisotopic (exact) mass is 310 g/mol. The normalized spacial score (nSPS) is 26.5. The summed E-state index contributed by atoms with van der Waals surface area (Å²) < 4.78 is 43.7. The maximum Gasteiger partial charge on any atom is 0.416 e. The summed E-state index contributed by atoms with van der Waals surface area (Å²) in [4.78, 5) is 12.1. The second kappa shape index (κ2) is 6.15. The van der Waals surface area contributed by atoms with Crippen molar-refractivity contribution in [1.82, 2.24) is 0 Å². The van der Waals surface area contributed by atoms with Crippen molar-refractivity contribution in [2.75, 3.05) is 0 Å². The molecule has 3 atom stereocenters. The van der Waals surface area contributed by atoms with E-state index >= 15 is 0 Å². The maximum atomic E-state index is 12.8. The van der Waals surface area contributed by atoms with Gasteiger partial charge in [-0.25, -0.2) is 0 Å². The fourth-order valence-corrected chi connectivity index (χ4v) is 2.46. The second-order valence-electron chi connectivity index (χ2n) is 6.85. The molecule has 0 aromatic heterocycles. The summed E-state index contributed by atoms with van der Waals surface area (Å²) in [6, 6.07) is 0. The number of carbonyl (C=O) groups excluding carboxylic acids is 1. The largest absolute Gasteiger partial charge is 0.462 e. The van der Waals surface area contributed by atoms with Crippen LogP contribution in [0.3, 0.4) is 0 Å². The Hall–Kier alpha value is -0.780. The van der Waals surface area contributed by atoms with Crippen molar-refractivity contribution in [3.63, 3.8) is 0 Å². The summed E-state index contributed by atoms with van der Waals surface area (Å²) in [5.74, 6) is -0.827. The quantitative estimate of drug-likeness (QED) is 0.785. The van der Waals surface area contributed by atoms with Gasteiger partial charge in [0.1, 0.15) is 6.10 Å². The minimum Gasteiger partial charge on any atom is -0.462 e. The minimum atomic E-state index is -4.67. The first-order valence-corrected chi connectivity index (χ1v) is 7.41. The predicted molar refractivity (Wildman–Crippen MR) is 72.6 cm³/mol. The van der Waals surface area contributed by atoms with Gasteiger partial charge < -0.3 is 9.84 Å². The van der Waals surface area contributed by atoms with Crippen LogP contribution in [-0.4, -0.2) is 29.0 Å². The summed E-state index contributed by atoms with van der Waals surface area (Å²) in [6.07, 6.45) is -3.22. The molecule has 1 aliphatic carbocycles. The summed E-state index contributed by atoms with van der Waals surface area (Å²) in [5, 5.41) is 9.60. The summed E-state index contributed by atoms with van der Waals surface area (Å²) in [7, 11) is 0. The van der Waals surface area contributed by atoms with E-state index in [1.165, 1.54) is 0 Å². The van der Waals surface area contributed by atoms with Crippen LogP contribution in [0.15, 0.2) is 0 Å². The van der Waals surface area contributed by atoms with Crippen LogP contribution in [0.5, 0.6) is 0 Å². The molecular formula is C15H25F3O3. The second-order valence-corrected chi connectivity index (χ2v) is 6.85. The number of aliphatic hydroxyl groups is 1. The van der Waals surface area contributed by atoms with E-state index in [9.17, 15) is 23.1 Å². The Labute approximate surface area is 123 Å². The zero-order chi connectivity index (χ0) is 16.5. The first-order chi connectivity index (χ1) is 9.40. The number of rotatable bonds is 5. The third-order valence-corrected chi connectivity index (χ3v) is 4.55. The molecule has 1 aliphatic rings. The summed E-state index contributed by atoms with van der Waals surface area (Å²) in [5.41, 5.74) is -3.38. The Bertz CT molecular complexity index is 375. The van der Waals surface area contributed by atoms with Crippen LogP contribution in [0.1, 0.15) is 59.8 Å². The lowest BCUT2D eigenvalue weighted by molar-refractivity contribution is -0.260. The van der Waals surface area contributed by atoms with E-state index in [2.05, 4.69) is 0 Å². The van der Waals surface area contributed by atoms with Gasteiger partial charge in [-0.2, -0.15) is 13.2 Å². The Morgan fingerprint density at radius 3 is 2.29 bits per heavy atom. The van der Waals surface area contributed by atoms with Gasteiger partial charge in [0, 0.05) is 0 Å². The van der Waals surface area contributed by atoms with Crippen molar-refractivity contribution in [1.29, 1.82) is 0 Å². The van der Waals surface area contributed by atoms with E-state index in [1.807, 2.05) is 6.92 Å². The molecule has 0 spiro atoms. The molecule has 0 radical (unpaired) electrons. The number of esters is 1. The van der Waals surface area contributed by atoms with Crippen LogP contribution < -0.4 is 0 Å². The highest BCUT2D eigenvalue weighted by Crippen LogP contribution is 2.41. The molecule has 21 heavy (non-hydrogen) atoms. The number of hydrogen-bond acceptors (Lipinski definition) is 3. The zero-order valence-electron chi connectivity index (χ0n) is 13.1. The number of halogens is 3. The average Bonchev–Trinajstić information content (AvgIpc) is 2.74. The van der Waals surface area contributed by atoms with Crippen molar-refractivity contribution in [3.8, 4) is 0 Å². The molecule has 3 nitrogen and oxygen atoms in total. The SMILES string of the molecule is CCC(C)(C)C(=O)OC1CCCC1CC(C)(O)C(F)(F)F. The topological polar surface area (TPSA) is 46.5 Å². The Kier molecular flexibility index (Phi) is 5.35. The lowest BCUT2D eigenvalue weighted by Crippen LogP contribution is -2.45. The van der Waals surface area contributed by atoms with Gasteiger partial charge in [0.2, 0.25) is 0 Å². The van der Waals surface area contributed by atoms with E-state index < -0.39 is 35.6 Å². The smallest absolute Gasteiger partial charge is 0.416 e. The van der Waals surface area contributed by atoms with Gasteiger partial charge >= 0.3 is 12.1 Å². The van der Waals surface area contributed by atoms with Gasteiger partial charge in [0.05, 0.1) is 5.41 Å². The Morgan fingerprint density at radius 2 is 1.81 bits per heavy atom. The molecule has 1 rings (SSSR count). The van der Waals surface area contributed by atoms with Crippen LogP contribution in [0.4, 0.5) is 13.2 Å². The van der Waals surface area contributed by atoms with Crippen molar-refractivity contribution < 1.29 is 27.8 Å². The molecule has 0 heterocycles. The van der Waals surface area contributed by atoms with Gasteiger partial charge in [-0.15, -0.1) is 0 Å². The van der Waals surface area contributed by atoms with E-state index in [0.29, 0.717) is 25.7 Å². The highest BCUT2D eigenvalue weighted by atomic mass is 19.4. The van der Waals surface area contributed by atoms with Gasteiger partial charge in [-0.1, -0.05) is 6.92 Å². The minimum absolute atomic E-state index is 0.381. The lowest BCUT2D eigenvalue weighted by atomic mass is 9.88. The fraction of sp³-hybridized carbons (Fsp3) is 0.933. The Balaban J connectivity index is 2.71. The molecule has 124 valence electrons. The van der Waals surface area contributed by atoms with Gasteiger partial charge in [0.15, 0.2) is 5.60 Å². The van der Waals surface area contributed by atoms with Crippen molar-refractivity contribution in [2.45, 2.75) is 77.7 Å². The first kappa shape index (κ1) is 18.3. The van der Waals surface area contributed by atoms with Crippen molar-refractivity contribution in [3.05, 3.63) is 0 Å². The third-order valence-electron chi connectivity index (χ3n) is 4.55. The van der Waals surface area contributed by atoms with Gasteiger partial charge in [-0.05, 0) is 58.8 Å². The molecule has 0 aliphatic heterocycles. The molecule has 6 heteroatoms. The molecule has 0 aromatic carbocycles. The molecule has 0 bridgehead atoms. The number of ether oxygens (including phenoxy) is 1. The predicted octanol–water partition coefficient (Wildman–Crippen LogP) is 3.84. The fourth-order valence-electron chi connectivity index (χ4n) is 2.46. The maximum absolute atomic E-state index is 12.8. The van der Waals surface area contributed by atoms with Gasteiger partial charge in [0.25, 0.3) is 0 Å². The highest BCUT2D eigenvalue weighted by molar-refractivity contribution is 5.76. The summed E-state index contributed by atoms with van der Waals surface area (Å²) in [6.45, 7) is 6.15. The van der Waals surface area contributed by atoms with Crippen LogP contribution in [0.2, 0.25) is 0 Å². The standard InChI is InChI=1S/C15H25F3O3/c1-5-13(2,3)12(19)21-11-8-6-7-10(11)9-14(4,20)15(16,17)18/h10-11,20H,5-9H2,1-4H3. The molecule has 1 N–H and O–H groups in total. The molecule has 0 amide bonds. The van der Waals surface area contributed by atoms with Crippen LogP contribution >= 0.6 is 0 Å². The third kappa shape index (κ3) is 4.34. The van der Waals surface area contributed by atoms with Crippen molar-refractivity contribution in [2.24, 2.45) is 11.3 Å². The average molecular weight is 310 g/mol. The molecule has 0 saturated heterocycles. The van der Waals surface area contributed by atoms with E-state index in [4.69, 9.17) is 4.74 Å². The van der Waals surface area contributed by atoms with Crippen LogP contribution in [-0.2, 0) is 9.53 Å². The van der Waals surface area contributed by atoms with E-state index in [-0.39, 0.29) is 5.97 Å². The van der Waals surface area contributed by atoms with Gasteiger partial charge in [-0.3, -0.25) is 4.79 Å². The van der Waals surface area contributed by atoms with E-state index in [0.717, 1.165) is 6.92 Å². The number of hydrogen-bond donors (Lipinski definition) is 1. The molecule has 1 saturated carbocycles. The van der Waals surface area contributed by atoms with Crippen molar-refractivity contribution >= 4 is 5.97 Å². The first-order valence-electron chi connectivity index (χ1n) is 7.41. The van der Waals surface area contributed by atoms with Crippen LogP contribution in [0.25, 0.3) is 0 Å². The zero-order valence-corrected chi connectivity index (χ0v) is 13.1. The molecular weight excluding hydrogens is 285 g/mol. The van der Waals surface area contributed by atoms with Crippen LogP contribution in [0, 0.1) is 11.3 Å². The lowest BCUT2D eigenvalue weighted by Gasteiger charge is -2.32. The molecule has 3 unspecified atom stereocenters. The molecule has 1 fully saturated rings. The number of carbonyl (C=O) groups is 1.